The van der Waals surface area contributed by atoms with E-state index in [1.54, 1.807) is 0 Å². The molecule has 5 rings (SSSR count). The maximum absolute atomic E-state index is 14.7. The summed E-state index contributed by atoms with van der Waals surface area (Å²) in [6, 6.07) is 15.2. The van der Waals surface area contributed by atoms with Gasteiger partial charge in [-0.2, -0.15) is 0 Å². The van der Waals surface area contributed by atoms with E-state index in [-0.39, 0.29) is 60.1 Å². The zero-order valence-corrected chi connectivity index (χ0v) is 64.3. The lowest BCUT2D eigenvalue weighted by molar-refractivity contribution is -0.137. The Bertz CT molecular complexity index is 3120. The van der Waals surface area contributed by atoms with Crippen molar-refractivity contribution in [1.29, 1.82) is 0 Å². The summed E-state index contributed by atoms with van der Waals surface area (Å²) in [5.41, 5.74) is 3.56. The quantitative estimate of drug-likeness (QED) is 0.0336. The van der Waals surface area contributed by atoms with Gasteiger partial charge in [-0.25, -0.2) is 28.1 Å². The number of hydrogen-bond acceptors (Lipinski definition) is 8. The zero-order valence-electron chi connectivity index (χ0n) is 64.3. The highest BCUT2D eigenvalue weighted by Crippen LogP contribution is 2.45. The first-order chi connectivity index (χ1) is 43.4. The van der Waals surface area contributed by atoms with Crippen molar-refractivity contribution in [3.8, 4) is 23.0 Å². The molecule has 0 aliphatic heterocycles. The summed E-state index contributed by atoms with van der Waals surface area (Å²) in [5.74, 6) is 0.159. The van der Waals surface area contributed by atoms with Gasteiger partial charge in [0.25, 0.3) is 0 Å². The fourth-order valence-electron chi connectivity index (χ4n) is 13.0. The molecule has 532 valence electrons. The van der Waals surface area contributed by atoms with Crippen LogP contribution in [0.5, 0.6) is 23.0 Å². The number of hydrogen-bond donors (Lipinski definition) is 5. The number of unbranched alkanes of at least 4 members (excludes halogenated alkanes) is 15. The van der Waals surface area contributed by atoms with Gasteiger partial charge >= 0.3 is 23.0 Å². The van der Waals surface area contributed by atoms with Crippen LogP contribution in [0.4, 0.5) is 0 Å². The lowest BCUT2D eigenvalue weighted by Crippen LogP contribution is -2.55. The zero-order chi connectivity index (χ0) is 72.4. The van der Waals surface area contributed by atoms with Crippen molar-refractivity contribution in [3.05, 3.63) is 147 Å². The number of phenols is 4. The van der Waals surface area contributed by atoms with Crippen molar-refractivity contribution in [2.75, 3.05) is 0 Å². The standard InChI is InChI=1S/C48H69N3O6.C35H62O3/c1-43(2,3)31-19-28(20-32(37(31)52)44(4,5)6)25-49-40(55)50(26-29-21-33(45(7,8)9)38(53)34(22-29)46(10,11)12)42(57)51(41(49)56)27-30-23-35(47(13,14)15)39(54)36(24-30)48(16,17)18;1-8-9-10-11-12-13-14-15-16-17-18-19-20-21-22-23-24-28(27-32(36)37)29-25-30(34(2,3)4)33(38)31(26-29)35(5,6)7/h19-24,52-54H,25-27H2,1-18H3;25-26,28,38H,8-24,27H2,1-7H3,(H,36,37). The van der Waals surface area contributed by atoms with Gasteiger partial charge in [0.05, 0.1) is 26.1 Å². The predicted octanol–water partition coefficient (Wildman–Crippen LogP) is 20.4. The van der Waals surface area contributed by atoms with Crippen molar-refractivity contribution in [3.63, 3.8) is 0 Å². The molecule has 0 aliphatic carbocycles. The van der Waals surface area contributed by atoms with Gasteiger partial charge in [-0.1, -0.05) is 288 Å². The van der Waals surface area contributed by atoms with Crippen molar-refractivity contribution in [1.82, 2.24) is 13.7 Å². The van der Waals surface area contributed by atoms with Gasteiger partial charge in [0.2, 0.25) is 0 Å². The Kier molecular flexibility index (Phi) is 27.9. The van der Waals surface area contributed by atoms with Crippen LogP contribution < -0.4 is 17.1 Å². The van der Waals surface area contributed by atoms with Gasteiger partial charge in [0.1, 0.15) is 23.0 Å². The highest BCUT2D eigenvalue weighted by atomic mass is 16.4. The Morgan fingerprint density at radius 1 is 0.326 bits per heavy atom. The molecule has 1 unspecified atom stereocenters. The van der Waals surface area contributed by atoms with Gasteiger partial charge in [0, 0.05) is 0 Å². The molecule has 1 aromatic heterocycles. The molecular formula is C83H131N3O9. The molecule has 0 amide bonds. The van der Waals surface area contributed by atoms with Gasteiger partial charge in [-0.05, 0) is 159 Å². The summed E-state index contributed by atoms with van der Waals surface area (Å²) >= 11 is 0. The van der Waals surface area contributed by atoms with Crippen molar-refractivity contribution in [2.45, 2.75) is 358 Å². The van der Waals surface area contributed by atoms with Crippen molar-refractivity contribution < 1.29 is 30.3 Å². The normalized spacial score (nSPS) is 13.3. The number of aromatic hydroxyl groups is 4. The lowest BCUT2D eigenvalue weighted by Gasteiger charge is -2.30. The van der Waals surface area contributed by atoms with Crippen LogP contribution in [0.25, 0.3) is 0 Å². The van der Waals surface area contributed by atoms with E-state index in [0.29, 0.717) is 55.8 Å². The van der Waals surface area contributed by atoms with E-state index >= 15 is 0 Å². The molecule has 0 spiro atoms. The van der Waals surface area contributed by atoms with Gasteiger partial charge < -0.3 is 25.5 Å². The van der Waals surface area contributed by atoms with Crippen molar-refractivity contribution >= 4 is 5.97 Å². The summed E-state index contributed by atoms with van der Waals surface area (Å²) in [5, 5.41) is 55.1. The third kappa shape index (κ3) is 23.0. The molecule has 5 aromatic rings. The summed E-state index contributed by atoms with van der Waals surface area (Å²) in [4.78, 5) is 55.8. The van der Waals surface area contributed by atoms with E-state index < -0.39 is 55.5 Å². The number of carbonyl (C=O) groups is 1. The first-order valence-electron chi connectivity index (χ1n) is 36.1. The molecule has 0 saturated heterocycles. The van der Waals surface area contributed by atoms with E-state index in [9.17, 15) is 44.7 Å². The van der Waals surface area contributed by atoms with Crippen LogP contribution in [0.2, 0.25) is 0 Å². The fraction of sp³-hybridized carbons (Fsp3) is 0.663. The minimum atomic E-state index is -0.761. The Labute approximate surface area is 574 Å². The summed E-state index contributed by atoms with van der Waals surface area (Å²) < 4.78 is 3.33. The Morgan fingerprint density at radius 2 is 0.516 bits per heavy atom. The van der Waals surface area contributed by atoms with Crippen LogP contribution in [0.15, 0.2) is 62.9 Å². The summed E-state index contributed by atoms with van der Waals surface area (Å²) in [6.45, 7) is 50.6. The molecule has 12 heteroatoms. The number of phenolic OH excluding ortho intramolecular Hbond substituents is 4. The fourth-order valence-corrected chi connectivity index (χ4v) is 13.0. The average Bonchev–Trinajstić information content (AvgIpc) is 0.773. The van der Waals surface area contributed by atoms with Crippen LogP contribution in [-0.4, -0.2) is 45.2 Å². The van der Waals surface area contributed by atoms with Gasteiger partial charge in [-0.15, -0.1) is 0 Å². The Morgan fingerprint density at radius 3 is 0.705 bits per heavy atom. The third-order valence-electron chi connectivity index (χ3n) is 18.8. The van der Waals surface area contributed by atoms with Crippen LogP contribution >= 0.6 is 0 Å². The van der Waals surface area contributed by atoms with E-state index in [1.807, 2.05) is 161 Å². The molecule has 1 heterocycles. The molecule has 4 aromatic carbocycles. The number of aliphatic carboxylic acids is 1. The molecule has 0 radical (unpaired) electrons. The molecule has 5 N–H and O–H groups in total. The number of carboxylic acid groups (broad SMARTS) is 1. The predicted molar refractivity (Wildman–Crippen MR) is 398 cm³/mol. The van der Waals surface area contributed by atoms with Crippen LogP contribution in [0, 0.1) is 0 Å². The minimum absolute atomic E-state index is 0.0121. The summed E-state index contributed by atoms with van der Waals surface area (Å²) in [6.07, 6.45) is 22.5. The second-order valence-electron chi connectivity index (χ2n) is 36.1. The monoisotopic (exact) mass is 1310 g/mol. The number of benzene rings is 4. The number of aromatic nitrogens is 3. The van der Waals surface area contributed by atoms with E-state index in [4.69, 9.17) is 0 Å². The summed E-state index contributed by atoms with van der Waals surface area (Å²) in [7, 11) is 0. The second kappa shape index (κ2) is 32.5. The van der Waals surface area contributed by atoms with Crippen LogP contribution in [0.3, 0.4) is 0 Å². The molecule has 0 saturated carbocycles. The Balaban J connectivity index is 0.000000440. The van der Waals surface area contributed by atoms with Crippen LogP contribution in [-0.2, 0) is 67.7 Å². The number of nitrogens with zero attached hydrogens (tertiary/aromatic N) is 3. The van der Waals surface area contributed by atoms with Crippen molar-refractivity contribution in [2.24, 2.45) is 0 Å². The van der Waals surface area contributed by atoms with Gasteiger partial charge in [0.15, 0.2) is 0 Å². The highest BCUT2D eigenvalue weighted by molar-refractivity contribution is 5.68. The molecule has 1 atom stereocenters. The first kappa shape index (κ1) is 81.4. The molecule has 0 bridgehead atoms. The van der Waals surface area contributed by atoms with E-state index in [0.717, 1.165) is 43.2 Å². The second-order valence-corrected chi connectivity index (χ2v) is 36.1. The maximum Gasteiger partial charge on any atom is 0.336 e. The smallest absolute Gasteiger partial charge is 0.336 e. The maximum atomic E-state index is 14.7. The highest BCUT2D eigenvalue weighted by Gasteiger charge is 2.33. The minimum Gasteiger partial charge on any atom is -0.507 e. The molecule has 12 nitrogen and oxygen atoms in total. The average molecular weight is 1310 g/mol. The van der Waals surface area contributed by atoms with Gasteiger partial charge in [-0.3, -0.25) is 4.79 Å². The SMILES string of the molecule is CC(C)(C)c1cc(Cn2c(=O)n(Cc3cc(C(C)(C)C)c(O)c(C(C)(C)C)c3)c(=O)n(Cc3cc(C(C)(C)C)c(O)c(C(C)(C)C)c3)c2=O)cc(C(C)(C)C)c1O.CCCCCCCCCCCCCCCCCCC(CC(=O)O)c1cc(C(C)(C)C)c(O)c(C(C)(C)C)c1. The topological polar surface area (TPSA) is 184 Å². The molecule has 95 heavy (non-hydrogen) atoms. The Hall–Kier alpha value is -6.04. The third-order valence-corrected chi connectivity index (χ3v) is 18.8. The van der Waals surface area contributed by atoms with E-state index in [2.05, 4.69) is 60.6 Å². The first-order valence-corrected chi connectivity index (χ1v) is 36.1. The molecular weight excluding hydrogens is 1180 g/mol. The van der Waals surface area contributed by atoms with E-state index in [1.165, 1.54) is 96.3 Å². The number of carboxylic acids is 1. The molecule has 0 fully saturated rings. The lowest BCUT2D eigenvalue weighted by atomic mass is 9.76. The number of rotatable bonds is 26. The molecule has 0 aliphatic rings. The van der Waals surface area contributed by atoms with Crippen LogP contribution in [0.1, 0.15) is 361 Å². The largest absolute Gasteiger partial charge is 0.507 e.